The van der Waals surface area contributed by atoms with Gasteiger partial charge in [0.05, 0.1) is 17.0 Å². The van der Waals surface area contributed by atoms with E-state index in [1.54, 1.807) is 10.9 Å². The van der Waals surface area contributed by atoms with Crippen LogP contribution in [-0.2, 0) is 4.79 Å². The number of anilines is 1. The lowest BCUT2D eigenvalue weighted by Crippen LogP contribution is -2.18. The SMILES string of the molecule is Cc1ccc(-n2cnnc2SCC(=O)Nc2c(C#N)c(C)c(C)n2-c2ccccc2)cc1Cl. The first kappa shape index (κ1) is 22.6. The molecule has 2 aromatic carbocycles. The summed E-state index contributed by atoms with van der Waals surface area (Å²) in [5.41, 5.74) is 4.85. The molecule has 33 heavy (non-hydrogen) atoms. The molecule has 0 saturated carbocycles. The monoisotopic (exact) mass is 476 g/mol. The summed E-state index contributed by atoms with van der Waals surface area (Å²) < 4.78 is 3.68. The Bertz CT molecular complexity index is 1370. The Kier molecular flexibility index (Phi) is 6.54. The molecule has 2 aromatic heterocycles. The highest BCUT2D eigenvalue weighted by atomic mass is 35.5. The number of hydrogen-bond donors (Lipinski definition) is 1. The Morgan fingerprint density at radius 2 is 1.91 bits per heavy atom. The Labute approximate surface area is 201 Å². The van der Waals surface area contributed by atoms with E-state index in [0.29, 0.717) is 21.6 Å². The van der Waals surface area contributed by atoms with E-state index in [-0.39, 0.29) is 11.7 Å². The molecule has 9 heteroatoms. The molecule has 0 radical (unpaired) electrons. The number of carbonyl (C=O) groups excluding carboxylic acids is 1. The number of nitriles is 1. The first-order valence-corrected chi connectivity index (χ1v) is 11.5. The second kappa shape index (κ2) is 9.53. The zero-order valence-corrected chi connectivity index (χ0v) is 19.9. The van der Waals surface area contributed by atoms with E-state index in [1.807, 2.05) is 73.9 Å². The fourth-order valence-corrected chi connectivity index (χ4v) is 4.39. The minimum Gasteiger partial charge on any atom is -0.310 e. The number of halogens is 1. The number of nitrogens with one attached hydrogen (secondary N) is 1. The van der Waals surface area contributed by atoms with E-state index in [9.17, 15) is 10.1 Å². The van der Waals surface area contributed by atoms with Crippen molar-refractivity contribution in [3.8, 4) is 17.4 Å². The standard InChI is InChI=1S/C24H21ClN6OS/c1-15-9-10-19(11-21(15)25)30-14-27-29-24(30)33-13-22(32)28-23-20(12-26)16(2)17(3)31(23)18-7-5-4-6-8-18/h4-11,14H,13H2,1-3H3,(H,28,32). The van der Waals surface area contributed by atoms with E-state index < -0.39 is 0 Å². The summed E-state index contributed by atoms with van der Waals surface area (Å²) in [5.74, 6) is 0.320. The van der Waals surface area contributed by atoms with Crippen molar-refractivity contribution in [1.82, 2.24) is 19.3 Å². The van der Waals surface area contributed by atoms with Gasteiger partial charge in [-0.05, 0) is 56.2 Å². The van der Waals surface area contributed by atoms with Crippen LogP contribution in [0, 0.1) is 32.1 Å². The Morgan fingerprint density at radius 1 is 1.15 bits per heavy atom. The van der Waals surface area contributed by atoms with Gasteiger partial charge in [0, 0.05) is 16.4 Å². The lowest BCUT2D eigenvalue weighted by molar-refractivity contribution is -0.113. The van der Waals surface area contributed by atoms with Gasteiger partial charge in [0.1, 0.15) is 18.2 Å². The average Bonchev–Trinajstić information content (AvgIpc) is 3.37. The minimum atomic E-state index is -0.248. The van der Waals surface area contributed by atoms with Crippen LogP contribution in [0.5, 0.6) is 0 Å². The van der Waals surface area contributed by atoms with Crippen LogP contribution in [0.25, 0.3) is 11.4 Å². The maximum absolute atomic E-state index is 12.9. The molecule has 1 amide bonds. The smallest absolute Gasteiger partial charge is 0.236 e. The number of thioether (sulfide) groups is 1. The summed E-state index contributed by atoms with van der Waals surface area (Å²) in [6.45, 7) is 5.75. The second-order valence-electron chi connectivity index (χ2n) is 7.47. The van der Waals surface area contributed by atoms with Crippen molar-refractivity contribution in [1.29, 1.82) is 5.26 Å². The Hall–Kier alpha value is -3.54. The van der Waals surface area contributed by atoms with E-state index in [4.69, 9.17) is 11.6 Å². The topological polar surface area (TPSA) is 88.5 Å². The summed E-state index contributed by atoms with van der Waals surface area (Å²) in [5, 5.41) is 22.0. The van der Waals surface area contributed by atoms with Gasteiger partial charge in [-0.1, -0.05) is 47.6 Å². The van der Waals surface area contributed by atoms with Gasteiger partial charge >= 0.3 is 0 Å². The predicted octanol–water partition coefficient (Wildman–Crippen LogP) is 5.24. The van der Waals surface area contributed by atoms with Crippen LogP contribution in [0.1, 0.15) is 22.4 Å². The molecule has 4 aromatic rings. The number of aromatic nitrogens is 4. The van der Waals surface area contributed by atoms with Crippen molar-refractivity contribution in [2.45, 2.75) is 25.9 Å². The number of aryl methyl sites for hydroxylation is 1. The number of carbonyl (C=O) groups is 1. The number of amides is 1. The van der Waals surface area contributed by atoms with Crippen molar-refractivity contribution in [3.63, 3.8) is 0 Å². The number of benzene rings is 2. The first-order chi connectivity index (χ1) is 15.9. The summed E-state index contributed by atoms with van der Waals surface area (Å²) in [7, 11) is 0. The van der Waals surface area contributed by atoms with Gasteiger partial charge in [0.2, 0.25) is 5.91 Å². The molecule has 166 valence electrons. The summed E-state index contributed by atoms with van der Waals surface area (Å²) in [6.07, 6.45) is 1.59. The molecule has 0 aliphatic carbocycles. The Balaban J connectivity index is 1.56. The highest BCUT2D eigenvalue weighted by molar-refractivity contribution is 7.99. The van der Waals surface area contributed by atoms with Gasteiger partial charge in [0.25, 0.3) is 0 Å². The zero-order valence-electron chi connectivity index (χ0n) is 18.3. The molecular weight excluding hydrogens is 456 g/mol. The van der Waals surface area contributed by atoms with Gasteiger partial charge < -0.3 is 5.32 Å². The molecule has 1 N–H and O–H groups in total. The molecule has 0 aliphatic heterocycles. The molecule has 0 atom stereocenters. The van der Waals surface area contributed by atoms with Crippen LogP contribution in [-0.4, -0.2) is 31.0 Å². The van der Waals surface area contributed by atoms with E-state index in [2.05, 4.69) is 21.6 Å². The van der Waals surface area contributed by atoms with E-state index >= 15 is 0 Å². The van der Waals surface area contributed by atoms with Crippen LogP contribution < -0.4 is 5.32 Å². The van der Waals surface area contributed by atoms with Crippen molar-refractivity contribution < 1.29 is 4.79 Å². The normalized spacial score (nSPS) is 10.8. The number of rotatable bonds is 6. The molecule has 0 spiro atoms. The largest absolute Gasteiger partial charge is 0.310 e. The highest BCUT2D eigenvalue weighted by Gasteiger charge is 2.21. The van der Waals surface area contributed by atoms with Crippen LogP contribution in [0.15, 0.2) is 60.0 Å². The van der Waals surface area contributed by atoms with Crippen molar-refractivity contribution >= 4 is 35.1 Å². The summed E-state index contributed by atoms with van der Waals surface area (Å²) in [4.78, 5) is 12.9. The summed E-state index contributed by atoms with van der Waals surface area (Å²) in [6, 6.07) is 17.5. The Morgan fingerprint density at radius 3 is 2.61 bits per heavy atom. The van der Waals surface area contributed by atoms with Crippen LogP contribution >= 0.6 is 23.4 Å². The lowest BCUT2D eigenvalue weighted by Gasteiger charge is -2.13. The molecule has 0 bridgehead atoms. The van der Waals surface area contributed by atoms with Crippen molar-refractivity contribution in [2.75, 3.05) is 11.1 Å². The molecule has 0 aliphatic rings. The van der Waals surface area contributed by atoms with Crippen molar-refractivity contribution in [3.05, 3.63) is 82.3 Å². The van der Waals surface area contributed by atoms with E-state index in [1.165, 1.54) is 11.8 Å². The predicted molar refractivity (Wildman–Crippen MR) is 130 cm³/mol. The van der Waals surface area contributed by atoms with Gasteiger partial charge in [-0.3, -0.25) is 13.9 Å². The van der Waals surface area contributed by atoms with Gasteiger partial charge in [-0.25, -0.2) is 0 Å². The molecule has 4 rings (SSSR count). The zero-order chi connectivity index (χ0) is 23.5. The van der Waals surface area contributed by atoms with Gasteiger partial charge in [-0.15, -0.1) is 10.2 Å². The van der Waals surface area contributed by atoms with Crippen LogP contribution in [0.2, 0.25) is 5.02 Å². The molecular formula is C24H21ClN6OS. The maximum atomic E-state index is 12.9. The molecule has 0 fully saturated rings. The van der Waals surface area contributed by atoms with Gasteiger partial charge in [-0.2, -0.15) is 5.26 Å². The lowest BCUT2D eigenvalue weighted by atomic mass is 10.2. The quantitative estimate of drug-likeness (QED) is 0.384. The van der Waals surface area contributed by atoms with Crippen molar-refractivity contribution in [2.24, 2.45) is 0 Å². The summed E-state index contributed by atoms with van der Waals surface area (Å²) >= 11 is 7.51. The van der Waals surface area contributed by atoms with Crippen LogP contribution in [0.4, 0.5) is 5.82 Å². The number of para-hydroxylation sites is 1. The third kappa shape index (κ3) is 4.51. The number of hydrogen-bond acceptors (Lipinski definition) is 5. The fourth-order valence-electron chi connectivity index (χ4n) is 3.49. The molecule has 2 heterocycles. The van der Waals surface area contributed by atoms with E-state index in [0.717, 1.165) is 28.2 Å². The molecule has 0 saturated heterocycles. The molecule has 7 nitrogen and oxygen atoms in total. The second-order valence-corrected chi connectivity index (χ2v) is 8.82. The highest BCUT2D eigenvalue weighted by Crippen LogP contribution is 2.30. The maximum Gasteiger partial charge on any atom is 0.236 e. The average molecular weight is 477 g/mol. The van der Waals surface area contributed by atoms with Gasteiger partial charge in [0.15, 0.2) is 5.16 Å². The third-order valence-corrected chi connectivity index (χ3v) is 6.73. The van der Waals surface area contributed by atoms with Crippen LogP contribution in [0.3, 0.4) is 0 Å². The minimum absolute atomic E-state index is 0.0984. The first-order valence-electron chi connectivity index (χ1n) is 10.2. The molecule has 0 unspecified atom stereocenters. The fraction of sp³-hybridized carbons (Fsp3) is 0.167. The third-order valence-electron chi connectivity index (χ3n) is 5.38. The number of nitrogens with zero attached hydrogens (tertiary/aromatic N) is 5.